The van der Waals surface area contributed by atoms with Gasteiger partial charge in [-0.3, -0.25) is 0 Å². The van der Waals surface area contributed by atoms with Crippen LogP contribution in [0.15, 0.2) is 24.3 Å². The third-order valence-corrected chi connectivity index (χ3v) is 5.43. The van der Waals surface area contributed by atoms with Crippen LogP contribution >= 0.6 is 22.6 Å². The zero-order chi connectivity index (χ0) is 12.4. The van der Waals surface area contributed by atoms with Gasteiger partial charge < -0.3 is 4.90 Å². The minimum atomic E-state index is 0.805. The van der Waals surface area contributed by atoms with Crippen LogP contribution in [0.25, 0.3) is 0 Å². The molecule has 1 aliphatic carbocycles. The number of hydrogen-bond acceptors (Lipinski definition) is 1. The molecule has 1 saturated heterocycles. The molecule has 2 aliphatic rings. The summed E-state index contributed by atoms with van der Waals surface area (Å²) in [4.78, 5) is 2.76. The minimum absolute atomic E-state index is 0.805. The molecule has 18 heavy (non-hydrogen) atoms. The van der Waals surface area contributed by atoms with Crippen molar-refractivity contribution < 1.29 is 0 Å². The van der Waals surface area contributed by atoms with Crippen molar-refractivity contribution in [2.24, 2.45) is 0 Å². The quantitative estimate of drug-likeness (QED) is 0.711. The number of nitrogens with zero attached hydrogens (tertiary/aromatic N) is 1. The molecule has 1 aliphatic heterocycles. The Morgan fingerprint density at radius 2 is 1.50 bits per heavy atom. The lowest BCUT2D eigenvalue weighted by atomic mass is 9.89. The average Bonchev–Trinajstić information content (AvgIpc) is 2.94. The molecule has 1 nitrogen and oxygen atoms in total. The van der Waals surface area contributed by atoms with Gasteiger partial charge in [-0.2, -0.15) is 0 Å². The highest BCUT2D eigenvalue weighted by Crippen LogP contribution is 2.32. The van der Waals surface area contributed by atoms with Crippen LogP contribution < -0.4 is 0 Å². The van der Waals surface area contributed by atoms with Crippen LogP contribution in [0.5, 0.6) is 0 Å². The smallest absolute Gasteiger partial charge is 0.0130 e. The summed E-state index contributed by atoms with van der Waals surface area (Å²) in [7, 11) is 0. The fourth-order valence-electron chi connectivity index (χ4n) is 3.60. The Bertz CT molecular complexity index is 373. The van der Waals surface area contributed by atoms with Crippen molar-refractivity contribution in [3.8, 4) is 0 Å². The van der Waals surface area contributed by atoms with Crippen LogP contribution in [0.4, 0.5) is 0 Å². The first kappa shape index (κ1) is 12.9. The lowest BCUT2D eigenvalue weighted by Gasteiger charge is -2.36. The van der Waals surface area contributed by atoms with E-state index in [1.807, 2.05) is 0 Å². The molecule has 0 radical (unpaired) electrons. The molecule has 0 unspecified atom stereocenters. The summed E-state index contributed by atoms with van der Waals surface area (Å²) in [6.45, 7) is 2.64. The highest BCUT2D eigenvalue weighted by Gasteiger charge is 2.27. The fraction of sp³-hybridized carbons (Fsp3) is 0.625. The van der Waals surface area contributed by atoms with Crippen LogP contribution in [0.1, 0.15) is 50.0 Å². The molecule has 3 rings (SSSR count). The van der Waals surface area contributed by atoms with Gasteiger partial charge in [0, 0.05) is 9.61 Å². The van der Waals surface area contributed by atoms with E-state index < -0.39 is 0 Å². The molecule has 1 aromatic rings. The Morgan fingerprint density at radius 3 is 2.11 bits per heavy atom. The molecule has 98 valence electrons. The molecule has 1 heterocycles. The summed E-state index contributed by atoms with van der Waals surface area (Å²) in [5.74, 6) is 0.805. The van der Waals surface area contributed by atoms with Crippen molar-refractivity contribution in [1.29, 1.82) is 0 Å². The van der Waals surface area contributed by atoms with Gasteiger partial charge in [0.25, 0.3) is 0 Å². The van der Waals surface area contributed by atoms with Crippen molar-refractivity contribution in [3.05, 3.63) is 33.4 Å². The van der Waals surface area contributed by atoms with Gasteiger partial charge >= 0.3 is 0 Å². The Morgan fingerprint density at radius 1 is 0.889 bits per heavy atom. The fourth-order valence-corrected chi connectivity index (χ4v) is 3.96. The topological polar surface area (TPSA) is 3.24 Å². The lowest BCUT2D eigenvalue weighted by Crippen LogP contribution is -2.39. The van der Waals surface area contributed by atoms with Gasteiger partial charge in [0.15, 0.2) is 0 Å². The van der Waals surface area contributed by atoms with Crippen LogP contribution in [0.2, 0.25) is 0 Å². The summed E-state index contributed by atoms with van der Waals surface area (Å²) in [6, 6.07) is 10.1. The first-order valence-electron chi connectivity index (χ1n) is 7.32. The second kappa shape index (κ2) is 5.91. The van der Waals surface area contributed by atoms with Crippen molar-refractivity contribution in [1.82, 2.24) is 4.90 Å². The van der Waals surface area contributed by atoms with Gasteiger partial charge in [-0.25, -0.2) is 0 Å². The number of halogens is 1. The average molecular weight is 355 g/mol. The van der Waals surface area contributed by atoms with Gasteiger partial charge in [0.05, 0.1) is 0 Å². The Balaban J connectivity index is 1.57. The predicted octanol–water partition coefficient (Wildman–Crippen LogP) is 4.41. The second-order valence-electron chi connectivity index (χ2n) is 5.80. The lowest BCUT2D eigenvalue weighted by molar-refractivity contribution is 0.154. The van der Waals surface area contributed by atoms with Crippen LogP contribution in [0, 0.1) is 3.57 Å². The van der Waals surface area contributed by atoms with Crippen molar-refractivity contribution in [2.45, 2.75) is 50.5 Å². The molecular formula is C16H22IN. The molecule has 2 heteroatoms. The minimum Gasteiger partial charge on any atom is -0.300 e. The molecule has 1 aromatic carbocycles. The Kier molecular flexibility index (Phi) is 4.24. The first-order valence-corrected chi connectivity index (χ1v) is 8.40. The second-order valence-corrected chi connectivity index (χ2v) is 7.05. The number of piperidine rings is 1. The highest BCUT2D eigenvalue weighted by molar-refractivity contribution is 14.1. The highest BCUT2D eigenvalue weighted by atomic mass is 127. The van der Waals surface area contributed by atoms with Gasteiger partial charge in [0.1, 0.15) is 0 Å². The van der Waals surface area contributed by atoms with E-state index >= 15 is 0 Å². The zero-order valence-corrected chi connectivity index (χ0v) is 13.1. The summed E-state index contributed by atoms with van der Waals surface area (Å²) < 4.78 is 1.35. The maximum atomic E-state index is 2.76. The molecular weight excluding hydrogens is 333 g/mol. The molecule has 0 spiro atoms. The third-order valence-electron chi connectivity index (χ3n) is 4.71. The zero-order valence-electron chi connectivity index (χ0n) is 10.9. The summed E-state index contributed by atoms with van der Waals surface area (Å²) in [5, 5.41) is 0. The summed E-state index contributed by atoms with van der Waals surface area (Å²) in [5.41, 5.74) is 1.56. The largest absolute Gasteiger partial charge is 0.300 e. The SMILES string of the molecule is Ic1ccc(C2CCN(C3CCCC3)CC2)cc1. The van der Waals surface area contributed by atoms with Crippen LogP contribution in [0.3, 0.4) is 0 Å². The molecule has 1 saturated carbocycles. The standard InChI is InChI=1S/C16H22IN/c17-15-7-5-13(6-8-15)14-9-11-18(12-10-14)16-3-1-2-4-16/h5-8,14,16H,1-4,9-12H2. The van der Waals surface area contributed by atoms with E-state index in [2.05, 4.69) is 51.8 Å². The monoisotopic (exact) mass is 355 g/mol. The maximum absolute atomic E-state index is 2.76. The van der Waals surface area contributed by atoms with Crippen LogP contribution in [-0.4, -0.2) is 24.0 Å². The van der Waals surface area contributed by atoms with Crippen molar-refractivity contribution in [3.63, 3.8) is 0 Å². The van der Waals surface area contributed by atoms with E-state index in [-0.39, 0.29) is 0 Å². The van der Waals surface area contributed by atoms with E-state index in [0.717, 1.165) is 12.0 Å². The van der Waals surface area contributed by atoms with Gasteiger partial charge in [-0.05, 0) is 85.0 Å². The van der Waals surface area contributed by atoms with Gasteiger partial charge in [-0.1, -0.05) is 25.0 Å². The number of benzene rings is 1. The van der Waals surface area contributed by atoms with E-state index in [0.29, 0.717) is 0 Å². The first-order chi connectivity index (χ1) is 8.83. The van der Waals surface area contributed by atoms with Gasteiger partial charge in [0.2, 0.25) is 0 Å². The third kappa shape index (κ3) is 2.90. The van der Waals surface area contributed by atoms with Crippen LogP contribution in [-0.2, 0) is 0 Å². The Labute approximate surface area is 124 Å². The van der Waals surface area contributed by atoms with E-state index in [4.69, 9.17) is 0 Å². The number of hydrogen-bond donors (Lipinski definition) is 0. The van der Waals surface area contributed by atoms with E-state index in [1.165, 1.54) is 55.2 Å². The molecule has 0 bridgehead atoms. The van der Waals surface area contributed by atoms with Crippen molar-refractivity contribution >= 4 is 22.6 Å². The maximum Gasteiger partial charge on any atom is 0.0130 e. The normalized spacial score (nSPS) is 23.6. The van der Waals surface area contributed by atoms with E-state index in [9.17, 15) is 0 Å². The van der Waals surface area contributed by atoms with E-state index in [1.54, 1.807) is 5.56 Å². The molecule has 0 atom stereocenters. The number of rotatable bonds is 2. The molecule has 2 fully saturated rings. The number of likely N-dealkylation sites (tertiary alicyclic amines) is 1. The molecule has 0 N–H and O–H groups in total. The molecule has 0 aromatic heterocycles. The van der Waals surface area contributed by atoms with Crippen molar-refractivity contribution in [2.75, 3.05) is 13.1 Å². The summed E-state index contributed by atoms with van der Waals surface area (Å²) in [6.07, 6.45) is 8.54. The van der Waals surface area contributed by atoms with Gasteiger partial charge in [-0.15, -0.1) is 0 Å². The summed E-state index contributed by atoms with van der Waals surface area (Å²) >= 11 is 2.39. The Hall–Kier alpha value is -0.0900. The predicted molar refractivity (Wildman–Crippen MR) is 85.0 cm³/mol. The molecule has 0 amide bonds.